The van der Waals surface area contributed by atoms with Crippen LogP contribution in [0.3, 0.4) is 0 Å². The Morgan fingerprint density at radius 3 is 2.54 bits per heavy atom. The van der Waals surface area contributed by atoms with E-state index in [1.807, 2.05) is 0 Å². The minimum absolute atomic E-state index is 0. The number of aliphatic hydroxyl groups is 1. The van der Waals surface area contributed by atoms with Crippen molar-refractivity contribution in [2.75, 3.05) is 6.61 Å². The number of hydrogen-bond acceptors (Lipinski definition) is 2. The monoisotopic (exact) mass is 241 g/mol. The molecular formula is C8H10Cl3NO. The summed E-state index contributed by atoms with van der Waals surface area (Å²) in [7, 11) is 0. The standard InChI is InChI=1S/C8H9Cl2NO.ClH/c9-5-1-2-7(10)6(3-5)8(11)4-12;/h1-3,8,12H,4,11H2;1H/t8-;/m1./s1. The van der Waals surface area contributed by atoms with Crippen LogP contribution in [0.4, 0.5) is 0 Å². The van der Waals surface area contributed by atoms with E-state index in [1.54, 1.807) is 18.2 Å². The lowest BCUT2D eigenvalue weighted by Gasteiger charge is -2.10. The van der Waals surface area contributed by atoms with Crippen molar-refractivity contribution in [1.82, 2.24) is 0 Å². The van der Waals surface area contributed by atoms with Crippen molar-refractivity contribution in [2.45, 2.75) is 6.04 Å². The second kappa shape index (κ2) is 5.68. The second-order valence-corrected chi connectivity index (χ2v) is 3.30. The lowest BCUT2D eigenvalue weighted by molar-refractivity contribution is 0.268. The summed E-state index contributed by atoms with van der Waals surface area (Å²) in [6.45, 7) is -0.139. The third-order valence-corrected chi connectivity index (χ3v) is 2.13. The van der Waals surface area contributed by atoms with Gasteiger partial charge in [0.1, 0.15) is 0 Å². The van der Waals surface area contributed by atoms with Gasteiger partial charge in [-0.1, -0.05) is 23.2 Å². The Hall–Kier alpha value is 0.01000. The molecular weight excluding hydrogens is 232 g/mol. The maximum absolute atomic E-state index is 8.78. The Morgan fingerprint density at radius 2 is 2.00 bits per heavy atom. The van der Waals surface area contributed by atoms with Gasteiger partial charge in [-0.3, -0.25) is 0 Å². The summed E-state index contributed by atoms with van der Waals surface area (Å²) >= 11 is 11.5. The van der Waals surface area contributed by atoms with E-state index < -0.39 is 6.04 Å². The number of nitrogens with two attached hydrogens (primary N) is 1. The molecule has 1 atom stereocenters. The highest BCUT2D eigenvalue weighted by Crippen LogP contribution is 2.24. The summed E-state index contributed by atoms with van der Waals surface area (Å²) in [6, 6.07) is 4.54. The summed E-state index contributed by atoms with van der Waals surface area (Å²) in [5.41, 5.74) is 6.24. The highest BCUT2D eigenvalue weighted by atomic mass is 35.5. The molecule has 0 fully saturated rings. The Labute approximate surface area is 93.1 Å². The van der Waals surface area contributed by atoms with Crippen molar-refractivity contribution in [3.8, 4) is 0 Å². The third kappa shape index (κ3) is 3.33. The van der Waals surface area contributed by atoms with E-state index >= 15 is 0 Å². The molecule has 0 spiro atoms. The lowest BCUT2D eigenvalue weighted by Crippen LogP contribution is -2.14. The molecule has 3 N–H and O–H groups in total. The van der Waals surface area contributed by atoms with E-state index in [-0.39, 0.29) is 19.0 Å². The Kier molecular flexibility index (Phi) is 5.68. The maximum atomic E-state index is 8.78. The lowest BCUT2D eigenvalue weighted by atomic mass is 10.1. The van der Waals surface area contributed by atoms with Gasteiger partial charge < -0.3 is 10.8 Å². The number of aliphatic hydroxyl groups excluding tert-OH is 1. The molecule has 74 valence electrons. The van der Waals surface area contributed by atoms with Gasteiger partial charge in [0.15, 0.2) is 0 Å². The molecule has 0 aliphatic rings. The minimum Gasteiger partial charge on any atom is -0.394 e. The van der Waals surface area contributed by atoms with Gasteiger partial charge in [-0.05, 0) is 23.8 Å². The van der Waals surface area contributed by atoms with Crippen LogP contribution in [0.1, 0.15) is 11.6 Å². The smallest absolute Gasteiger partial charge is 0.0624 e. The third-order valence-electron chi connectivity index (χ3n) is 1.55. The molecule has 1 aromatic rings. The van der Waals surface area contributed by atoms with E-state index in [0.717, 1.165) is 0 Å². The summed E-state index contributed by atoms with van der Waals surface area (Å²) in [5, 5.41) is 9.87. The fraction of sp³-hybridized carbons (Fsp3) is 0.250. The molecule has 0 aliphatic heterocycles. The molecule has 13 heavy (non-hydrogen) atoms. The molecule has 0 amide bonds. The van der Waals surface area contributed by atoms with Gasteiger partial charge in [-0.25, -0.2) is 0 Å². The van der Waals surface area contributed by atoms with E-state index in [0.29, 0.717) is 15.6 Å². The fourth-order valence-electron chi connectivity index (χ4n) is 0.897. The van der Waals surface area contributed by atoms with Crippen LogP contribution < -0.4 is 5.73 Å². The molecule has 0 aliphatic carbocycles. The van der Waals surface area contributed by atoms with Crippen LogP contribution in [-0.4, -0.2) is 11.7 Å². The van der Waals surface area contributed by atoms with Gasteiger partial charge >= 0.3 is 0 Å². The highest BCUT2D eigenvalue weighted by Gasteiger charge is 2.08. The summed E-state index contributed by atoms with van der Waals surface area (Å²) in [6.07, 6.45) is 0. The van der Waals surface area contributed by atoms with Crippen molar-refractivity contribution in [3.05, 3.63) is 33.8 Å². The van der Waals surface area contributed by atoms with E-state index in [4.69, 9.17) is 34.0 Å². The van der Waals surface area contributed by atoms with Crippen LogP contribution >= 0.6 is 35.6 Å². The van der Waals surface area contributed by atoms with Crippen LogP contribution in [0.5, 0.6) is 0 Å². The van der Waals surface area contributed by atoms with E-state index in [1.165, 1.54) is 0 Å². The molecule has 0 unspecified atom stereocenters. The number of hydrogen-bond donors (Lipinski definition) is 2. The van der Waals surface area contributed by atoms with Crippen molar-refractivity contribution >= 4 is 35.6 Å². The molecule has 2 nitrogen and oxygen atoms in total. The summed E-state index contributed by atoms with van der Waals surface area (Å²) in [5.74, 6) is 0. The van der Waals surface area contributed by atoms with Gasteiger partial charge in [0.05, 0.1) is 12.6 Å². The number of rotatable bonds is 2. The summed E-state index contributed by atoms with van der Waals surface area (Å²) in [4.78, 5) is 0. The fourth-order valence-corrected chi connectivity index (χ4v) is 1.34. The minimum atomic E-state index is -0.462. The van der Waals surface area contributed by atoms with Crippen molar-refractivity contribution < 1.29 is 5.11 Å². The zero-order valence-electron chi connectivity index (χ0n) is 6.71. The number of halogens is 3. The van der Waals surface area contributed by atoms with Crippen molar-refractivity contribution in [1.29, 1.82) is 0 Å². The highest BCUT2D eigenvalue weighted by molar-refractivity contribution is 6.33. The SMILES string of the molecule is Cl.N[C@H](CO)c1cc(Cl)ccc1Cl. The Bertz CT molecular complexity index is 280. The van der Waals surface area contributed by atoms with Crippen LogP contribution in [0, 0.1) is 0 Å². The first kappa shape index (κ1) is 13.0. The average Bonchev–Trinajstić information content (AvgIpc) is 2.08. The van der Waals surface area contributed by atoms with Crippen LogP contribution in [0.2, 0.25) is 10.0 Å². The van der Waals surface area contributed by atoms with Crippen molar-refractivity contribution in [2.24, 2.45) is 5.73 Å². The van der Waals surface area contributed by atoms with Crippen molar-refractivity contribution in [3.63, 3.8) is 0 Å². The topological polar surface area (TPSA) is 46.2 Å². The first-order valence-corrected chi connectivity index (χ1v) is 4.22. The number of benzene rings is 1. The molecule has 5 heteroatoms. The van der Waals surface area contributed by atoms with Gasteiger partial charge in [-0.2, -0.15) is 0 Å². The molecule has 0 bridgehead atoms. The van der Waals surface area contributed by atoms with E-state index in [2.05, 4.69) is 0 Å². The predicted molar refractivity (Wildman–Crippen MR) is 57.7 cm³/mol. The van der Waals surface area contributed by atoms with E-state index in [9.17, 15) is 0 Å². The maximum Gasteiger partial charge on any atom is 0.0624 e. The summed E-state index contributed by atoms with van der Waals surface area (Å²) < 4.78 is 0. The van der Waals surface area contributed by atoms with Crippen LogP contribution in [0.25, 0.3) is 0 Å². The van der Waals surface area contributed by atoms with Gasteiger partial charge in [-0.15, -0.1) is 12.4 Å². The largest absolute Gasteiger partial charge is 0.394 e. The average molecular weight is 243 g/mol. The molecule has 0 radical (unpaired) electrons. The van der Waals surface area contributed by atoms with Gasteiger partial charge in [0.25, 0.3) is 0 Å². The normalized spacial score (nSPS) is 12.0. The van der Waals surface area contributed by atoms with Gasteiger partial charge in [0.2, 0.25) is 0 Å². The van der Waals surface area contributed by atoms with Crippen LogP contribution in [-0.2, 0) is 0 Å². The molecule has 0 aromatic heterocycles. The zero-order chi connectivity index (χ0) is 9.14. The first-order valence-electron chi connectivity index (χ1n) is 3.46. The Morgan fingerprint density at radius 1 is 1.38 bits per heavy atom. The Balaban J connectivity index is 0.00000144. The second-order valence-electron chi connectivity index (χ2n) is 2.45. The molecule has 1 rings (SSSR count). The molecule has 0 saturated heterocycles. The molecule has 0 saturated carbocycles. The zero-order valence-corrected chi connectivity index (χ0v) is 9.03. The first-order chi connectivity index (χ1) is 5.65. The molecule has 1 aromatic carbocycles. The predicted octanol–water partition coefficient (Wildman–Crippen LogP) is 2.41. The van der Waals surface area contributed by atoms with Crippen LogP contribution in [0.15, 0.2) is 18.2 Å². The molecule has 0 heterocycles. The quantitative estimate of drug-likeness (QED) is 0.837. The van der Waals surface area contributed by atoms with Gasteiger partial charge in [0, 0.05) is 10.0 Å².